The van der Waals surface area contributed by atoms with E-state index >= 15 is 0 Å². The second-order valence-corrected chi connectivity index (χ2v) is 10.5. The maximum atomic E-state index is 12.0. The van der Waals surface area contributed by atoms with E-state index < -0.39 is 45.0 Å². The third-order valence-corrected chi connectivity index (χ3v) is 7.48. The van der Waals surface area contributed by atoms with Crippen LogP contribution in [0.2, 0.25) is 0 Å². The second-order valence-electron chi connectivity index (χ2n) is 6.34. The standard InChI is InChI=1S/C16H11NO9S3/c17-11-6-12(27(18,19)20)9-2-1-7-5-13(28(21,22)23)16(29(24,25)26)10-4-3-8(11)15(9)14(7)10/h1-6H,17H2,(H,18,19,20)(H,21,22,23)(H,24,25,26). The van der Waals surface area contributed by atoms with Crippen molar-refractivity contribution < 1.29 is 38.9 Å². The number of benzene rings is 4. The molecule has 0 amide bonds. The largest absolute Gasteiger partial charge is 0.398 e. The molecule has 5 N–H and O–H groups in total. The van der Waals surface area contributed by atoms with E-state index in [2.05, 4.69) is 0 Å². The molecule has 0 aliphatic rings. The first-order chi connectivity index (χ1) is 13.2. The van der Waals surface area contributed by atoms with E-state index in [1.807, 2.05) is 0 Å². The average molecular weight is 457 g/mol. The van der Waals surface area contributed by atoms with Gasteiger partial charge in [0.2, 0.25) is 0 Å². The van der Waals surface area contributed by atoms with Crippen molar-refractivity contribution in [2.24, 2.45) is 0 Å². The smallest absolute Gasteiger partial charge is 0.296 e. The Bertz CT molecular complexity index is 1670. The zero-order valence-corrected chi connectivity index (χ0v) is 16.5. The first kappa shape index (κ1) is 19.8. The van der Waals surface area contributed by atoms with Gasteiger partial charge in [0.15, 0.2) is 0 Å². The van der Waals surface area contributed by atoms with Gasteiger partial charge in [0.1, 0.15) is 14.7 Å². The van der Waals surface area contributed by atoms with E-state index in [0.29, 0.717) is 5.39 Å². The number of rotatable bonds is 3. The predicted molar refractivity (Wildman–Crippen MR) is 104 cm³/mol. The summed E-state index contributed by atoms with van der Waals surface area (Å²) in [5.41, 5.74) is 5.87. The van der Waals surface area contributed by atoms with Gasteiger partial charge in [-0.05, 0) is 22.9 Å². The Morgan fingerprint density at radius 2 is 1.17 bits per heavy atom. The molecule has 4 aromatic rings. The van der Waals surface area contributed by atoms with Gasteiger partial charge in [0.25, 0.3) is 30.4 Å². The van der Waals surface area contributed by atoms with Crippen LogP contribution in [0.3, 0.4) is 0 Å². The van der Waals surface area contributed by atoms with Crippen molar-refractivity contribution >= 4 is 68.4 Å². The molecule has 0 aromatic heterocycles. The Labute approximate surface area is 164 Å². The summed E-state index contributed by atoms with van der Waals surface area (Å²) in [7, 11) is -14.9. The van der Waals surface area contributed by atoms with Gasteiger partial charge in [-0.15, -0.1) is 0 Å². The molecule has 152 valence electrons. The fraction of sp³-hybridized carbons (Fsp3) is 0. The normalized spacial score (nSPS) is 13.6. The molecule has 0 radical (unpaired) electrons. The molecule has 0 aliphatic carbocycles. The lowest BCUT2D eigenvalue weighted by Crippen LogP contribution is -2.10. The van der Waals surface area contributed by atoms with Crippen molar-refractivity contribution in [2.75, 3.05) is 5.73 Å². The minimum absolute atomic E-state index is 0.00990. The average Bonchev–Trinajstić information content (AvgIpc) is 2.57. The predicted octanol–water partition coefficient (Wildman–Crippen LogP) is 1.91. The van der Waals surface area contributed by atoms with Gasteiger partial charge in [-0.2, -0.15) is 25.3 Å². The fourth-order valence-corrected chi connectivity index (χ4v) is 6.32. The Hall–Kier alpha value is -2.55. The Balaban J connectivity index is 2.43. The van der Waals surface area contributed by atoms with Gasteiger partial charge >= 0.3 is 0 Å². The molecule has 0 unspecified atom stereocenters. The van der Waals surface area contributed by atoms with E-state index in [1.165, 1.54) is 24.3 Å². The molecule has 0 saturated heterocycles. The Morgan fingerprint density at radius 3 is 1.72 bits per heavy atom. The third-order valence-electron chi connectivity index (χ3n) is 4.62. The molecule has 0 heterocycles. The lowest BCUT2D eigenvalue weighted by atomic mass is 9.93. The molecule has 4 aromatic carbocycles. The molecule has 0 bridgehead atoms. The highest BCUT2D eigenvalue weighted by Crippen LogP contribution is 2.43. The highest BCUT2D eigenvalue weighted by Gasteiger charge is 2.29. The summed E-state index contributed by atoms with van der Waals surface area (Å²) in [5.74, 6) is 0. The van der Waals surface area contributed by atoms with Crippen LogP contribution < -0.4 is 5.73 Å². The summed E-state index contributed by atoms with van der Waals surface area (Å²) in [6, 6.07) is 6.96. The van der Waals surface area contributed by atoms with E-state index in [9.17, 15) is 38.9 Å². The van der Waals surface area contributed by atoms with Gasteiger partial charge in [-0.25, -0.2) is 0 Å². The molecular formula is C16H11NO9S3. The number of hydrogen-bond donors (Lipinski definition) is 4. The minimum atomic E-state index is -5.13. The van der Waals surface area contributed by atoms with Crippen molar-refractivity contribution in [1.29, 1.82) is 0 Å². The van der Waals surface area contributed by atoms with Crippen LogP contribution >= 0.6 is 0 Å². The van der Waals surface area contributed by atoms with Crippen LogP contribution in [0.1, 0.15) is 0 Å². The van der Waals surface area contributed by atoms with Crippen LogP contribution in [-0.2, 0) is 30.4 Å². The van der Waals surface area contributed by atoms with Gasteiger partial charge in [0.05, 0.1) is 0 Å². The summed E-state index contributed by atoms with van der Waals surface area (Å²) in [6.07, 6.45) is 0. The molecule has 13 heteroatoms. The lowest BCUT2D eigenvalue weighted by molar-refractivity contribution is 0.468. The van der Waals surface area contributed by atoms with E-state index in [0.717, 1.165) is 12.1 Å². The van der Waals surface area contributed by atoms with Gasteiger partial charge in [-0.1, -0.05) is 24.3 Å². The monoisotopic (exact) mass is 457 g/mol. The topological polar surface area (TPSA) is 189 Å². The van der Waals surface area contributed by atoms with Crippen LogP contribution in [0, 0.1) is 0 Å². The zero-order valence-electron chi connectivity index (χ0n) is 14.1. The summed E-state index contributed by atoms with van der Waals surface area (Å²) in [4.78, 5) is -2.62. The summed E-state index contributed by atoms with van der Waals surface area (Å²) in [5, 5.41) is 0.395. The lowest BCUT2D eigenvalue weighted by Gasteiger charge is -2.17. The molecule has 10 nitrogen and oxygen atoms in total. The third kappa shape index (κ3) is 2.90. The summed E-state index contributed by atoms with van der Waals surface area (Å²) < 4.78 is 99.7. The van der Waals surface area contributed by atoms with E-state index in [4.69, 9.17) is 5.73 Å². The number of nitrogens with two attached hydrogens (primary N) is 1. The van der Waals surface area contributed by atoms with Crippen LogP contribution in [0.25, 0.3) is 32.3 Å². The molecule has 0 atom stereocenters. The maximum absolute atomic E-state index is 12.0. The first-order valence-corrected chi connectivity index (χ1v) is 12.0. The van der Waals surface area contributed by atoms with Crippen LogP contribution in [0.5, 0.6) is 0 Å². The number of anilines is 1. The van der Waals surface area contributed by atoms with Crippen molar-refractivity contribution in [1.82, 2.24) is 0 Å². The van der Waals surface area contributed by atoms with Crippen LogP contribution in [0.4, 0.5) is 5.69 Å². The molecule has 29 heavy (non-hydrogen) atoms. The first-order valence-electron chi connectivity index (χ1n) is 7.67. The van der Waals surface area contributed by atoms with Crippen molar-refractivity contribution in [3.8, 4) is 0 Å². The summed E-state index contributed by atoms with van der Waals surface area (Å²) >= 11 is 0. The highest BCUT2D eigenvalue weighted by atomic mass is 32.2. The Kier molecular flexibility index (Phi) is 3.91. The molecule has 4 rings (SSSR count). The number of nitrogen functional groups attached to an aromatic ring is 1. The second kappa shape index (κ2) is 5.75. The van der Waals surface area contributed by atoms with Crippen LogP contribution in [-0.4, -0.2) is 38.9 Å². The molecule has 0 saturated carbocycles. The van der Waals surface area contributed by atoms with Crippen molar-refractivity contribution in [3.05, 3.63) is 36.4 Å². The van der Waals surface area contributed by atoms with E-state index in [-0.39, 0.29) is 32.6 Å². The van der Waals surface area contributed by atoms with Crippen molar-refractivity contribution in [2.45, 2.75) is 14.7 Å². The molecule has 0 aliphatic heterocycles. The van der Waals surface area contributed by atoms with E-state index in [1.54, 1.807) is 0 Å². The molecule has 0 spiro atoms. The number of hydrogen-bond acceptors (Lipinski definition) is 7. The zero-order chi connectivity index (χ0) is 21.5. The van der Waals surface area contributed by atoms with Gasteiger partial charge in [0, 0.05) is 27.2 Å². The van der Waals surface area contributed by atoms with Gasteiger partial charge in [-0.3, -0.25) is 13.7 Å². The maximum Gasteiger partial charge on any atom is 0.296 e. The Morgan fingerprint density at radius 1 is 0.621 bits per heavy atom. The van der Waals surface area contributed by atoms with Crippen LogP contribution in [0.15, 0.2) is 51.1 Å². The minimum Gasteiger partial charge on any atom is -0.398 e. The molecular weight excluding hydrogens is 446 g/mol. The van der Waals surface area contributed by atoms with Gasteiger partial charge < -0.3 is 5.73 Å². The summed E-state index contributed by atoms with van der Waals surface area (Å²) in [6.45, 7) is 0. The highest BCUT2D eigenvalue weighted by molar-refractivity contribution is 7.89. The van der Waals surface area contributed by atoms with Crippen molar-refractivity contribution in [3.63, 3.8) is 0 Å². The SMILES string of the molecule is Nc1cc(S(=O)(=O)O)c2ccc3cc(S(=O)(=O)O)c(S(=O)(=O)O)c4ccc1c2c34. The fourth-order valence-electron chi connectivity index (χ4n) is 3.58. The quantitative estimate of drug-likeness (QED) is 0.201. The molecule has 0 fully saturated rings.